The van der Waals surface area contributed by atoms with E-state index in [4.69, 9.17) is 15.7 Å². The average Bonchev–Trinajstić information content (AvgIpc) is 3.52. The van der Waals surface area contributed by atoms with E-state index in [0.717, 1.165) is 56.5 Å². The van der Waals surface area contributed by atoms with Crippen LogP contribution in [0, 0.1) is 13.5 Å². The van der Waals surface area contributed by atoms with E-state index in [-0.39, 0.29) is 12.4 Å². The van der Waals surface area contributed by atoms with Gasteiger partial charge in [0.15, 0.2) is 5.69 Å². The van der Waals surface area contributed by atoms with Gasteiger partial charge in [-0.1, -0.05) is 6.07 Å². The molecule has 1 aliphatic rings. The molecule has 4 heterocycles. The van der Waals surface area contributed by atoms with Crippen molar-refractivity contribution in [1.29, 1.82) is 0 Å². The van der Waals surface area contributed by atoms with Gasteiger partial charge in [0.2, 0.25) is 17.6 Å². The Hall–Kier alpha value is -4.23. The van der Waals surface area contributed by atoms with Gasteiger partial charge in [-0.05, 0) is 56.3 Å². The molecule has 0 amide bonds. The molecule has 0 radical (unpaired) electrons. The highest BCUT2D eigenvalue weighted by atomic mass is 16.5. The van der Waals surface area contributed by atoms with Crippen LogP contribution in [-0.2, 0) is 11.2 Å². The smallest absolute Gasteiger partial charge is 0.376 e. The number of aromatic nitrogens is 4. The molecule has 190 valence electrons. The van der Waals surface area contributed by atoms with Gasteiger partial charge in [0.05, 0.1) is 24.4 Å². The quantitative estimate of drug-likeness (QED) is 0.281. The average molecular weight is 500 g/mol. The van der Waals surface area contributed by atoms with Crippen molar-refractivity contribution in [3.8, 4) is 11.5 Å². The first-order valence-corrected chi connectivity index (χ1v) is 12.5. The first-order chi connectivity index (χ1) is 18.1. The summed E-state index contributed by atoms with van der Waals surface area (Å²) in [5, 5.41) is 1.15. The van der Waals surface area contributed by atoms with Crippen molar-refractivity contribution in [3.05, 3.63) is 65.2 Å². The largest absolute Gasteiger partial charge is 0.460 e. The zero-order valence-electron chi connectivity index (χ0n) is 21.0. The standard InChI is InChI=1S/C27H29N7O3/c1-4-36-26(35)24-18(2)32-25(37-24)20-16-30-27(31-17-20)34-12-10-33(11-13-34)9-5-6-19-15-29-23-8-7-21(28-3)14-22(19)23/h7-8,14-17,29H,4-6,9-13H2,1-2H3. The van der Waals surface area contributed by atoms with Gasteiger partial charge in [-0.15, -0.1) is 0 Å². The van der Waals surface area contributed by atoms with E-state index in [9.17, 15) is 4.79 Å². The van der Waals surface area contributed by atoms with E-state index >= 15 is 0 Å². The normalized spacial score (nSPS) is 14.1. The molecular formula is C27H29N7O3. The first kappa shape index (κ1) is 24.5. The second kappa shape index (κ2) is 10.8. The Morgan fingerprint density at radius 2 is 2.00 bits per heavy atom. The number of rotatable bonds is 8. The second-order valence-electron chi connectivity index (χ2n) is 9.01. The molecule has 3 aromatic heterocycles. The molecular weight excluding hydrogens is 470 g/mol. The molecule has 5 rings (SSSR count). The molecule has 10 nitrogen and oxygen atoms in total. The Kier molecular flexibility index (Phi) is 7.14. The fourth-order valence-electron chi connectivity index (χ4n) is 4.61. The van der Waals surface area contributed by atoms with Gasteiger partial charge in [0, 0.05) is 50.3 Å². The third kappa shape index (κ3) is 5.32. The Morgan fingerprint density at radius 3 is 2.73 bits per heavy atom. The molecule has 0 aliphatic carbocycles. The van der Waals surface area contributed by atoms with Gasteiger partial charge in [-0.2, -0.15) is 0 Å². The van der Waals surface area contributed by atoms with E-state index in [0.29, 0.717) is 28.8 Å². The predicted octanol–water partition coefficient (Wildman–Crippen LogP) is 4.40. The van der Waals surface area contributed by atoms with Crippen LogP contribution in [0.3, 0.4) is 0 Å². The maximum Gasteiger partial charge on any atom is 0.376 e. The number of benzene rings is 1. The van der Waals surface area contributed by atoms with Crippen LogP contribution < -0.4 is 4.90 Å². The van der Waals surface area contributed by atoms with Crippen molar-refractivity contribution in [3.63, 3.8) is 0 Å². The second-order valence-corrected chi connectivity index (χ2v) is 9.01. The number of hydrogen-bond acceptors (Lipinski definition) is 8. The summed E-state index contributed by atoms with van der Waals surface area (Å²) in [6, 6.07) is 5.80. The van der Waals surface area contributed by atoms with E-state index in [1.54, 1.807) is 26.2 Å². The molecule has 0 saturated carbocycles. The third-order valence-electron chi connectivity index (χ3n) is 6.60. The lowest BCUT2D eigenvalue weighted by molar-refractivity contribution is 0.0490. The number of carbonyl (C=O) groups is 1. The lowest BCUT2D eigenvalue weighted by Gasteiger charge is -2.34. The number of hydrogen-bond donors (Lipinski definition) is 1. The molecule has 0 atom stereocenters. The molecule has 1 N–H and O–H groups in total. The number of esters is 1. The van der Waals surface area contributed by atoms with Crippen LogP contribution in [0.25, 0.3) is 27.2 Å². The van der Waals surface area contributed by atoms with Crippen molar-refractivity contribution >= 4 is 28.5 Å². The molecule has 1 saturated heterocycles. The molecule has 37 heavy (non-hydrogen) atoms. The number of anilines is 1. The molecule has 0 unspecified atom stereocenters. The highest BCUT2D eigenvalue weighted by Crippen LogP contribution is 2.25. The van der Waals surface area contributed by atoms with Crippen LogP contribution in [0.5, 0.6) is 0 Å². The van der Waals surface area contributed by atoms with Crippen molar-refractivity contribution in [2.45, 2.75) is 26.7 Å². The summed E-state index contributed by atoms with van der Waals surface area (Å²) in [4.78, 5) is 36.9. The van der Waals surface area contributed by atoms with Gasteiger partial charge in [-0.3, -0.25) is 4.90 Å². The van der Waals surface area contributed by atoms with Crippen molar-refractivity contribution in [2.24, 2.45) is 0 Å². The lowest BCUT2D eigenvalue weighted by Crippen LogP contribution is -2.47. The van der Waals surface area contributed by atoms with Crippen LogP contribution in [-0.4, -0.2) is 70.1 Å². The van der Waals surface area contributed by atoms with Crippen LogP contribution in [0.1, 0.15) is 35.2 Å². The summed E-state index contributed by atoms with van der Waals surface area (Å²) in [7, 11) is 0. The third-order valence-corrected chi connectivity index (χ3v) is 6.60. The number of nitrogens with one attached hydrogen (secondary N) is 1. The Bertz CT molecular complexity index is 1430. The van der Waals surface area contributed by atoms with E-state index in [1.807, 2.05) is 18.2 Å². The fourth-order valence-corrected chi connectivity index (χ4v) is 4.61. The van der Waals surface area contributed by atoms with E-state index in [1.165, 1.54) is 5.56 Å². The zero-order chi connectivity index (χ0) is 25.8. The van der Waals surface area contributed by atoms with Gasteiger partial charge in [-0.25, -0.2) is 24.6 Å². The summed E-state index contributed by atoms with van der Waals surface area (Å²) in [6.07, 6.45) is 7.45. The molecule has 1 aromatic carbocycles. The van der Waals surface area contributed by atoms with E-state index < -0.39 is 5.97 Å². The number of fused-ring (bicyclic) bond motifs is 1. The number of carbonyl (C=O) groups excluding carboxylic acids is 1. The summed E-state index contributed by atoms with van der Waals surface area (Å²) >= 11 is 0. The molecule has 10 heteroatoms. The fraction of sp³-hybridized carbons (Fsp3) is 0.370. The number of aryl methyl sites for hydroxylation is 2. The Labute approximate surface area is 215 Å². The minimum atomic E-state index is -0.523. The molecule has 4 aromatic rings. The maximum absolute atomic E-state index is 12.0. The molecule has 1 fully saturated rings. The van der Waals surface area contributed by atoms with Crippen molar-refractivity contribution in [1.82, 2.24) is 24.8 Å². The minimum Gasteiger partial charge on any atom is -0.460 e. The number of aromatic amines is 1. The van der Waals surface area contributed by atoms with Gasteiger partial charge in [0.1, 0.15) is 0 Å². The number of ether oxygens (including phenoxy) is 1. The van der Waals surface area contributed by atoms with Crippen LogP contribution in [0.4, 0.5) is 11.6 Å². The summed E-state index contributed by atoms with van der Waals surface area (Å²) in [5.41, 5.74) is 4.12. The SMILES string of the molecule is [C-]#[N+]c1ccc2[nH]cc(CCCN3CCN(c4ncc(-c5nc(C)c(C(=O)OCC)o5)cn4)CC3)c2c1. The first-order valence-electron chi connectivity index (χ1n) is 12.5. The van der Waals surface area contributed by atoms with Crippen LogP contribution in [0.2, 0.25) is 0 Å². The maximum atomic E-state index is 12.0. The number of piperazine rings is 1. The number of H-pyrrole nitrogens is 1. The Balaban J connectivity index is 1.12. The summed E-state index contributed by atoms with van der Waals surface area (Å²) in [6.45, 7) is 15.6. The summed E-state index contributed by atoms with van der Waals surface area (Å²) < 4.78 is 10.6. The van der Waals surface area contributed by atoms with E-state index in [2.05, 4.69) is 40.8 Å². The Morgan fingerprint density at radius 1 is 1.22 bits per heavy atom. The van der Waals surface area contributed by atoms with Crippen LogP contribution in [0.15, 0.2) is 41.2 Å². The van der Waals surface area contributed by atoms with Gasteiger partial charge in [0.25, 0.3) is 0 Å². The van der Waals surface area contributed by atoms with Crippen molar-refractivity contribution in [2.75, 3.05) is 44.2 Å². The number of oxazole rings is 1. The van der Waals surface area contributed by atoms with Gasteiger partial charge >= 0.3 is 5.97 Å². The summed E-state index contributed by atoms with van der Waals surface area (Å²) in [5.74, 6) is 0.559. The topological polar surface area (TPSA) is 105 Å². The monoisotopic (exact) mass is 499 g/mol. The van der Waals surface area contributed by atoms with Crippen LogP contribution >= 0.6 is 0 Å². The van der Waals surface area contributed by atoms with Gasteiger partial charge < -0.3 is 19.0 Å². The predicted molar refractivity (Wildman–Crippen MR) is 140 cm³/mol. The molecule has 1 aliphatic heterocycles. The molecule has 0 spiro atoms. The zero-order valence-corrected chi connectivity index (χ0v) is 21.0. The van der Waals surface area contributed by atoms with Crippen molar-refractivity contribution < 1.29 is 13.9 Å². The number of nitrogens with zero attached hydrogens (tertiary/aromatic N) is 6. The lowest BCUT2D eigenvalue weighted by atomic mass is 10.1. The highest BCUT2D eigenvalue weighted by molar-refractivity contribution is 5.88. The molecule has 0 bridgehead atoms. The minimum absolute atomic E-state index is 0.106. The highest BCUT2D eigenvalue weighted by Gasteiger charge is 2.22.